The second kappa shape index (κ2) is 5.81. The topological polar surface area (TPSA) is 45.2 Å². The summed E-state index contributed by atoms with van der Waals surface area (Å²) in [4.78, 5) is 18.9. The molecule has 1 aliphatic rings. The van der Waals surface area contributed by atoms with Crippen molar-refractivity contribution < 1.29 is 4.79 Å². The first-order valence-corrected chi connectivity index (χ1v) is 7.43. The highest BCUT2D eigenvalue weighted by molar-refractivity contribution is 5.99. The Bertz CT molecular complexity index is 496. The average molecular weight is 275 g/mol. The molecule has 2 heterocycles. The number of nitrogens with zero attached hydrogens (tertiary/aromatic N) is 2. The van der Waals surface area contributed by atoms with Crippen molar-refractivity contribution >= 4 is 11.6 Å². The number of nitrogens with one attached hydrogen (secondary N) is 1. The molecule has 1 N–H and O–H groups in total. The molecule has 1 amide bonds. The Labute approximate surface area is 121 Å². The number of aromatic nitrogens is 1. The lowest BCUT2D eigenvalue weighted by molar-refractivity contribution is 0.0779. The number of amides is 1. The Morgan fingerprint density at radius 1 is 1.50 bits per heavy atom. The predicted molar refractivity (Wildman–Crippen MR) is 82.1 cm³/mol. The zero-order valence-corrected chi connectivity index (χ0v) is 13.0. The predicted octanol–water partition coefficient (Wildman–Crippen LogP) is 3.08. The highest BCUT2D eigenvalue weighted by Crippen LogP contribution is 2.30. The molecule has 0 aliphatic carbocycles. The van der Waals surface area contributed by atoms with Crippen molar-refractivity contribution in [2.75, 3.05) is 25.0 Å². The molecule has 1 saturated heterocycles. The van der Waals surface area contributed by atoms with Gasteiger partial charge in [0.1, 0.15) is 0 Å². The summed E-state index contributed by atoms with van der Waals surface area (Å²) >= 11 is 0. The standard InChI is InChI=1S/C16H25N3O/c1-5-7-17-14-9-12(2)18-10-13(14)15(20)19-8-6-16(3,4)11-19/h9-10H,5-8,11H2,1-4H3,(H,17,18). The van der Waals surface area contributed by atoms with Crippen LogP contribution in [0.3, 0.4) is 0 Å². The molecule has 1 fully saturated rings. The maximum atomic E-state index is 12.7. The van der Waals surface area contributed by atoms with Gasteiger partial charge in [0.25, 0.3) is 5.91 Å². The maximum absolute atomic E-state index is 12.7. The highest BCUT2D eigenvalue weighted by atomic mass is 16.2. The van der Waals surface area contributed by atoms with E-state index in [9.17, 15) is 4.79 Å². The molecule has 0 saturated carbocycles. The summed E-state index contributed by atoms with van der Waals surface area (Å²) in [5, 5.41) is 3.34. The number of aryl methyl sites for hydroxylation is 1. The monoisotopic (exact) mass is 275 g/mol. The van der Waals surface area contributed by atoms with Gasteiger partial charge in [-0.15, -0.1) is 0 Å². The summed E-state index contributed by atoms with van der Waals surface area (Å²) in [5.41, 5.74) is 2.77. The molecule has 2 rings (SSSR count). The van der Waals surface area contributed by atoms with Crippen molar-refractivity contribution in [1.29, 1.82) is 0 Å². The van der Waals surface area contributed by atoms with Crippen molar-refractivity contribution in [3.8, 4) is 0 Å². The Balaban J connectivity index is 2.21. The van der Waals surface area contributed by atoms with Gasteiger partial charge in [0.2, 0.25) is 0 Å². The Morgan fingerprint density at radius 2 is 2.25 bits per heavy atom. The normalized spacial score (nSPS) is 17.3. The van der Waals surface area contributed by atoms with E-state index >= 15 is 0 Å². The third-order valence-corrected chi connectivity index (χ3v) is 3.80. The van der Waals surface area contributed by atoms with Gasteiger partial charge in [-0.25, -0.2) is 0 Å². The number of likely N-dealkylation sites (tertiary alicyclic amines) is 1. The largest absolute Gasteiger partial charge is 0.384 e. The van der Waals surface area contributed by atoms with Crippen LogP contribution in [-0.2, 0) is 0 Å². The summed E-state index contributed by atoms with van der Waals surface area (Å²) < 4.78 is 0. The molecule has 0 unspecified atom stereocenters. The lowest BCUT2D eigenvalue weighted by Crippen LogP contribution is -2.31. The van der Waals surface area contributed by atoms with Crippen LogP contribution in [0, 0.1) is 12.3 Å². The van der Waals surface area contributed by atoms with E-state index in [-0.39, 0.29) is 11.3 Å². The fourth-order valence-electron chi connectivity index (χ4n) is 2.59. The first-order chi connectivity index (χ1) is 9.43. The van der Waals surface area contributed by atoms with Crippen LogP contribution in [0.2, 0.25) is 0 Å². The third-order valence-electron chi connectivity index (χ3n) is 3.80. The molecule has 0 bridgehead atoms. The molecule has 1 aromatic rings. The maximum Gasteiger partial charge on any atom is 0.257 e. The van der Waals surface area contributed by atoms with Gasteiger partial charge < -0.3 is 10.2 Å². The second-order valence-corrected chi connectivity index (χ2v) is 6.44. The second-order valence-electron chi connectivity index (χ2n) is 6.44. The van der Waals surface area contributed by atoms with Gasteiger partial charge in [0, 0.05) is 31.5 Å². The smallest absolute Gasteiger partial charge is 0.257 e. The SMILES string of the molecule is CCCNc1cc(C)ncc1C(=O)N1CCC(C)(C)C1. The molecule has 110 valence electrons. The van der Waals surface area contributed by atoms with E-state index in [0.717, 1.165) is 43.9 Å². The van der Waals surface area contributed by atoms with Crippen LogP contribution in [0.5, 0.6) is 0 Å². The van der Waals surface area contributed by atoms with Gasteiger partial charge in [-0.3, -0.25) is 9.78 Å². The summed E-state index contributed by atoms with van der Waals surface area (Å²) in [5.74, 6) is 0.0988. The van der Waals surface area contributed by atoms with Gasteiger partial charge in [-0.05, 0) is 31.2 Å². The number of hydrogen-bond donors (Lipinski definition) is 1. The Hall–Kier alpha value is -1.58. The molecule has 0 atom stereocenters. The summed E-state index contributed by atoms with van der Waals surface area (Å²) in [6.45, 7) is 11.0. The van der Waals surface area contributed by atoms with E-state index in [1.165, 1.54) is 0 Å². The highest BCUT2D eigenvalue weighted by Gasteiger charge is 2.33. The summed E-state index contributed by atoms with van der Waals surface area (Å²) in [6, 6.07) is 1.96. The molecule has 20 heavy (non-hydrogen) atoms. The Kier molecular flexibility index (Phi) is 4.31. The molecule has 0 aromatic carbocycles. The first kappa shape index (κ1) is 14.8. The van der Waals surface area contributed by atoms with Crippen molar-refractivity contribution in [3.63, 3.8) is 0 Å². The first-order valence-electron chi connectivity index (χ1n) is 7.43. The van der Waals surface area contributed by atoms with E-state index in [0.29, 0.717) is 5.56 Å². The number of anilines is 1. The van der Waals surface area contributed by atoms with Crippen molar-refractivity contribution in [1.82, 2.24) is 9.88 Å². The average Bonchev–Trinajstić information content (AvgIpc) is 2.76. The minimum atomic E-state index is 0.0988. The van der Waals surface area contributed by atoms with Gasteiger partial charge in [0.05, 0.1) is 11.3 Å². The molecule has 4 heteroatoms. The fourth-order valence-corrected chi connectivity index (χ4v) is 2.59. The van der Waals surface area contributed by atoms with Gasteiger partial charge >= 0.3 is 0 Å². The zero-order chi connectivity index (χ0) is 14.8. The minimum absolute atomic E-state index is 0.0988. The van der Waals surface area contributed by atoms with Crippen LogP contribution in [0.1, 0.15) is 49.7 Å². The van der Waals surface area contributed by atoms with Crippen LogP contribution < -0.4 is 5.32 Å². The van der Waals surface area contributed by atoms with Crippen LogP contribution in [0.4, 0.5) is 5.69 Å². The molecular formula is C16H25N3O. The van der Waals surface area contributed by atoms with Gasteiger partial charge in [-0.2, -0.15) is 0 Å². The number of hydrogen-bond acceptors (Lipinski definition) is 3. The van der Waals surface area contributed by atoms with E-state index in [4.69, 9.17) is 0 Å². The quantitative estimate of drug-likeness (QED) is 0.918. The molecular weight excluding hydrogens is 250 g/mol. The van der Waals surface area contributed by atoms with E-state index in [1.807, 2.05) is 17.9 Å². The molecule has 0 spiro atoms. The number of rotatable bonds is 4. The van der Waals surface area contributed by atoms with Crippen molar-refractivity contribution in [3.05, 3.63) is 23.5 Å². The van der Waals surface area contributed by atoms with E-state index in [2.05, 4.69) is 31.1 Å². The van der Waals surface area contributed by atoms with Crippen LogP contribution >= 0.6 is 0 Å². The summed E-state index contributed by atoms with van der Waals surface area (Å²) in [7, 11) is 0. The van der Waals surface area contributed by atoms with Crippen molar-refractivity contribution in [2.45, 2.75) is 40.5 Å². The molecule has 0 radical (unpaired) electrons. The van der Waals surface area contributed by atoms with E-state index in [1.54, 1.807) is 6.20 Å². The molecule has 1 aliphatic heterocycles. The number of pyridine rings is 1. The molecule has 1 aromatic heterocycles. The van der Waals surface area contributed by atoms with Gasteiger partial charge in [0.15, 0.2) is 0 Å². The van der Waals surface area contributed by atoms with Crippen LogP contribution in [-0.4, -0.2) is 35.4 Å². The van der Waals surface area contributed by atoms with Gasteiger partial charge in [-0.1, -0.05) is 20.8 Å². The lowest BCUT2D eigenvalue weighted by Gasteiger charge is -2.21. The van der Waals surface area contributed by atoms with E-state index < -0.39 is 0 Å². The number of carbonyl (C=O) groups is 1. The van der Waals surface area contributed by atoms with Crippen molar-refractivity contribution in [2.24, 2.45) is 5.41 Å². The third kappa shape index (κ3) is 3.30. The number of carbonyl (C=O) groups excluding carboxylic acids is 1. The Morgan fingerprint density at radius 3 is 2.85 bits per heavy atom. The zero-order valence-electron chi connectivity index (χ0n) is 13.0. The van der Waals surface area contributed by atoms with Crippen LogP contribution in [0.25, 0.3) is 0 Å². The van der Waals surface area contributed by atoms with Crippen LogP contribution in [0.15, 0.2) is 12.3 Å². The fraction of sp³-hybridized carbons (Fsp3) is 0.625. The summed E-state index contributed by atoms with van der Waals surface area (Å²) in [6.07, 6.45) is 3.81. The lowest BCUT2D eigenvalue weighted by atomic mass is 9.93. The minimum Gasteiger partial charge on any atom is -0.384 e. The molecule has 4 nitrogen and oxygen atoms in total.